The largest absolute Gasteiger partial charge is 0.373 e. The molecule has 0 aliphatic carbocycles. The van der Waals surface area contributed by atoms with Crippen LogP contribution < -0.4 is 5.32 Å². The van der Waals surface area contributed by atoms with Crippen LogP contribution in [0.3, 0.4) is 0 Å². The van der Waals surface area contributed by atoms with Gasteiger partial charge in [-0.15, -0.1) is 0 Å². The number of morpholine rings is 1. The van der Waals surface area contributed by atoms with E-state index in [9.17, 15) is 14.9 Å². The maximum atomic E-state index is 13.2. The summed E-state index contributed by atoms with van der Waals surface area (Å²) in [6.45, 7) is 5.17. The van der Waals surface area contributed by atoms with Crippen molar-refractivity contribution in [1.29, 1.82) is 0 Å². The summed E-state index contributed by atoms with van der Waals surface area (Å²) in [4.78, 5) is 25.8. The Kier molecular flexibility index (Phi) is 6.28. The molecule has 1 N–H and O–H groups in total. The molecule has 1 saturated heterocycles. The second-order valence-corrected chi connectivity index (χ2v) is 7.34. The number of nitro groups is 1. The van der Waals surface area contributed by atoms with Gasteiger partial charge < -0.3 is 10.1 Å². The van der Waals surface area contributed by atoms with Gasteiger partial charge in [-0.25, -0.2) is 0 Å². The maximum absolute atomic E-state index is 13.2. The first kappa shape index (κ1) is 20.3. The number of nitrogens with zero attached hydrogens (tertiary/aromatic N) is 2. The van der Waals surface area contributed by atoms with Crippen molar-refractivity contribution < 1.29 is 14.5 Å². The molecule has 1 aliphatic heterocycles. The molecule has 3 unspecified atom stereocenters. The number of benzene rings is 2. The number of rotatable bonds is 5. The lowest BCUT2D eigenvalue weighted by Crippen LogP contribution is -2.49. The third-order valence-corrected chi connectivity index (χ3v) is 4.91. The summed E-state index contributed by atoms with van der Waals surface area (Å²) in [5.74, 6) is -0.260. The van der Waals surface area contributed by atoms with Crippen LogP contribution >= 0.6 is 11.6 Å². The molecule has 0 saturated carbocycles. The molecule has 3 atom stereocenters. The van der Waals surface area contributed by atoms with E-state index in [4.69, 9.17) is 16.3 Å². The van der Waals surface area contributed by atoms with Crippen molar-refractivity contribution in [3.8, 4) is 0 Å². The summed E-state index contributed by atoms with van der Waals surface area (Å²) in [5.41, 5.74) is 0.936. The molecule has 2 aromatic carbocycles. The van der Waals surface area contributed by atoms with Crippen molar-refractivity contribution >= 4 is 28.9 Å². The summed E-state index contributed by atoms with van der Waals surface area (Å²) in [5, 5.41) is 14.0. The van der Waals surface area contributed by atoms with Crippen LogP contribution in [0.25, 0.3) is 0 Å². The molecule has 2 aromatic rings. The van der Waals surface area contributed by atoms with Gasteiger partial charge in [-0.1, -0.05) is 41.9 Å². The first-order chi connectivity index (χ1) is 13.3. The van der Waals surface area contributed by atoms with Crippen LogP contribution in [0.1, 0.15) is 25.5 Å². The minimum absolute atomic E-state index is 0.000573. The van der Waals surface area contributed by atoms with Gasteiger partial charge in [-0.05, 0) is 31.5 Å². The molecule has 7 nitrogen and oxygen atoms in total. The number of hydrogen-bond donors (Lipinski definition) is 1. The molecule has 148 valence electrons. The van der Waals surface area contributed by atoms with E-state index in [1.807, 2.05) is 44.2 Å². The number of carbonyl (C=O) groups excluding carboxylic acids is 1. The van der Waals surface area contributed by atoms with E-state index in [0.717, 1.165) is 5.56 Å². The Hall–Kier alpha value is -2.48. The number of anilines is 1. The van der Waals surface area contributed by atoms with Crippen LogP contribution in [0.15, 0.2) is 48.5 Å². The minimum atomic E-state index is -0.571. The Labute approximate surface area is 168 Å². The van der Waals surface area contributed by atoms with Crippen LogP contribution in [0.2, 0.25) is 5.02 Å². The number of amides is 1. The number of hydrogen-bond acceptors (Lipinski definition) is 5. The second-order valence-electron chi connectivity index (χ2n) is 6.94. The molecule has 1 aliphatic rings. The molecule has 0 spiro atoms. The summed E-state index contributed by atoms with van der Waals surface area (Å²) in [6, 6.07) is 13.2. The average Bonchev–Trinajstić information content (AvgIpc) is 2.63. The van der Waals surface area contributed by atoms with Crippen molar-refractivity contribution in [2.24, 2.45) is 0 Å². The number of carbonyl (C=O) groups is 1. The molecule has 0 bridgehead atoms. The summed E-state index contributed by atoms with van der Waals surface area (Å²) >= 11 is 5.86. The summed E-state index contributed by atoms with van der Waals surface area (Å²) in [6.07, 6.45) is -0.00115. The number of nitro benzene ring substituents is 1. The van der Waals surface area contributed by atoms with Crippen molar-refractivity contribution in [2.45, 2.75) is 32.1 Å². The number of nitrogens with one attached hydrogen (secondary N) is 1. The molecule has 28 heavy (non-hydrogen) atoms. The zero-order chi connectivity index (χ0) is 20.3. The van der Waals surface area contributed by atoms with Gasteiger partial charge in [0.2, 0.25) is 5.91 Å². The van der Waals surface area contributed by atoms with E-state index in [1.54, 1.807) is 6.07 Å². The fourth-order valence-corrected chi connectivity index (χ4v) is 3.72. The Balaban J connectivity index is 1.89. The Morgan fingerprint density at radius 2 is 1.86 bits per heavy atom. The third-order valence-electron chi connectivity index (χ3n) is 4.59. The van der Waals surface area contributed by atoms with Gasteiger partial charge in [0.15, 0.2) is 0 Å². The van der Waals surface area contributed by atoms with Crippen LogP contribution in [-0.2, 0) is 9.53 Å². The predicted octanol–water partition coefficient (Wildman–Crippen LogP) is 4.04. The highest BCUT2D eigenvalue weighted by Crippen LogP contribution is 2.30. The zero-order valence-corrected chi connectivity index (χ0v) is 16.4. The zero-order valence-electron chi connectivity index (χ0n) is 15.7. The molecule has 1 fully saturated rings. The molecule has 0 aromatic heterocycles. The van der Waals surface area contributed by atoms with E-state index >= 15 is 0 Å². The quantitative estimate of drug-likeness (QED) is 0.601. The molecule has 0 radical (unpaired) electrons. The second kappa shape index (κ2) is 8.68. The fourth-order valence-electron chi connectivity index (χ4n) is 3.53. The van der Waals surface area contributed by atoms with Crippen LogP contribution in [0.5, 0.6) is 0 Å². The minimum Gasteiger partial charge on any atom is -0.373 e. The van der Waals surface area contributed by atoms with Gasteiger partial charge in [0.05, 0.1) is 17.1 Å². The SMILES string of the molecule is CC1CN(C(C(=O)Nc2ccc(Cl)c([N+](=O)[O-])c2)c2ccccc2)CC(C)O1. The predicted molar refractivity (Wildman–Crippen MR) is 108 cm³/mol. The molecule has 3 rings (SSSR count). The van der Waals surface area contributed by atoms with E-state index in [2.05, 4.69) is 10.2 Å². The van der Waals surface area contributed by atoms with Gasteiger partial charge in [0.1, 0.15) is 11.1 Å². The Morgan fingerprint density at radius 1 is 1.21 bits per heavy atom. The lowest BCUT2D eigenvalue weighted by molar-refractivity contribution is -0.384. The summed E-state index contributed by atoms with van der Waals surface area (Å²) < 4.78 is 5.79. The lowest BCUT2D eigenvalue weighted by atomic mass is 10.0. The van der Waals surface area contributed by atoms with Gasteiger partial charge in [-0.3, -0.25) is 19.8 Å². The lowest BCUT2D eigenvalue weighted by Gasteiger charge is -2.39. The smallest absolute Gasteiger partial charge is 0.289 e. The van der Waals surface area contributed by atoms with Gasteiger partial charge in [-0.2, -0.15) is 0 Å². The standard InChI is InChI=1S/C20H22ClN3O4/c1-13-11-23(12-14(2)28-13)19(15-6-4-3-5-7-15)20(25)22-16-8-9-17(21)18(10-16)24(26)27/h3-10,13-14,19H,11-12H2,1-2H3,(H,22,25). The van der Waals surface area contributed by atoms with Crippen molar-refractivity contribution in [2.75, 3.05) is 18.4 Å². The summed E-state index contributed by atoms with van der Waals surface area (Å²) in [7, 11) is 0. The maximum Gasteiger partial charge on any atom is 0.289 e. The van der Waals surface area contributed by atoms with Gasteiger partial charge in [0, 0.05) is 24.8 Å². The third kappa shape index (κ3) is 4.67. The highest BCUT2D eigenvalue weighted by Gasteiger charge is 2.33. The molecule has 1 heterocycles. The topological polar surface area (TPSA) is 84.7 Å². The molecular weight excluding hydrogens is 382 g/mol. The van der Waals surface area contributed by atoms with E-state index in [0.29, 0.717) is 18.8 Å². The van der Waals surface area contributed by atoms with Crippen LogP contribution in [0, 0.1) is 10.1 Å². The highest BCUT2D eigenvalue weighted by molar-refractivity contribution is 6.32. The Bertz CT molecular complexity index is 852. The van der Waals surface area contributed by atoms with Gasteiger partial charge in [0.25, 0.3) is 5.69 Å². The molecular formula is C20H22ClN3O4. The van der Waals surface area contributed by atoms with Crippen molar-refractivity contribution in [3.63, 3.8) is 0 Å². The normalized spacial score (nSPS) is 21.1. The first-order valence-corrected chi connectivity index (χ1v) is 9.42. The van der Waals surface area contributed by atoms with E-state index < -0.39 is 11.0 Å². The number of ether oxygens (including phenoxy) is 1. The van der Waals surface area contributed by atoms with Crippen LogP contribution in [-0.4, -0.2) is 41.0 Å². The van der Waals surface area contributed by atoms with E-state index in [-0.39, 0.29) is 28.8 Å². The fraction of sp³-hybridized carbons (Fsp3) is 0.350. The van der Waals surface area contributed by atoms with Crippen molar-refractivity contribution in [3.05, 3.63) is 69.2 Å². The monoisotopic (exact) mass is 403 g/mol. The molecule has 8 heteroatoms. The van der Waals surface area contributed by atoms with Gasteiger partial charge >= 0.3 is 0 Å². The van der Waals surface area contributed by atoms with Crippen LogP contribution in [0.4, 0.5) is 11.4 Å². The first-order valence-electron chi connectivity index (χ1n) is 9.04. The van der Waals surface area contributed by atoms with Crippen molar-refractivity contribution in [1.82, 2.24) is 4.90 Å². The highest BCUT2D eigenvalue weighted by atomic mass is 35.5. The molecule has 1 amide bonds. The Morgan fingerprint density at radius 3 is 2.46 bits per heavy atom. The van der Waals surface area contributed by atoms with E-state index in [1.165, 1.54) is 12.1 Å². The number of halogens is 1. The average molecular weight is 404 g/mol.